The molecule has 1 atom stereocenters. The first-order chi connectivity index (χ1) is 6.08. The highest BCUT2D eigenvalue weighted by atomic mass is 16.7. The van der Waals surface area contributed by atoms with E-state index in [2.05, 4.69) is 9.47 Å². The zero-order chi connectivity index (χ0) is 10.4. The Balaban J connectivity index is 4.43. The van der Waals surface area contributed by atoms with Crippen LogP contribution in [-0.4, -0.2) is 37.4 Å². The van der Waals surface area contributed by atoms with Crippen LogP contribution >= 0.6 is 0 Å². The van der Waals surface area contributed by atoms with Crippen molar-refractivity contribution in [3.8, 4) is 0 Å². The summed E-state index contributed by atoms with van der Waals surface area (Å²) < 4.78 is 9.32. The van der Waals surface area contributed by atoms with E-state index in [4.69, 9.17) is 5.11 Å². The molecule has 0 radical (unpaired) electrons. The zero-order valence-corrected chi connectivity index (χ0v) is 7.94. The number of aliphatic carboxylic acids is 1. The molecule has 0 aromatic carbocycles. The van der Waals surface area contributed by atoms with Crippen LogP contribution in [0, 0.1) is 5.92 Å². The van der Waals surface area contributed by atoms with Crippen molar-refractivity contribution in [1.29, 1.82) is 0 Å². The number of methoxy groups -OCH3 is 2. The fourth-order valence-electron chi connectivity index (χ4n) is 0.990. The van der Waals surface area contributed by atoms with Gasteiger partial charge in [-0.25, -0.2) is 0 Å². The van der Waals surface area contributed by atoms with Crippen molar-refractivity contribution in [2.75, 3.05) is 14.2 Å². The molecule has 0 saturated carbocycles. The van der Waals surface area contributed by atoms with Crippen LogP contribution in [-0.2, 0) is 19.1 Å². The van der Waals surface area contributed by atoms with Crippen molar-refractivity contribution in [2.24, 2.45) is 5.92 Å². The number of carboxylic acid groups (broad SMARTS) is 1. The van der Waals surface area contributed by atoms with Gasteiger partial charge in [0, 0.05) is 14.2 Å². The van der Waals surface area contributed by atoms with Crippen LogP contribution < -0.4 is 0 Å². The molecule has 0 aliphatic heterocycles. The third-order valence-electron chi connectivity index (χ3n) is 1.71. The predicted molar refractivity (Wildman–Crippen MR) is 44.2 cm³/mol. The quantitative estimate of drug-likeness (QED) is 0.481. The van der Waals surface area contributed by atoms with Gasteiger partial charge in [0.25, 0.3) is 0 Å². The van der Waals surface area contributed by atoms with Gasteiger partial charge in [0.2, 0.25) is 12.1 Å². The Kier molecular flexibility index (Phi) is 5.25. The minimum atomic E-state index is -1.15. The highest BCUT2D eigenvalue weighted by molar-refractivity contribution is 5.99. The van der Waals surface area contributed by atoms with Gasteiger partial charge in [-0.1, -0.05) is 6.92 Å². The van der Waals surface area contributed by atoms with Crippen LogP contribution in [0.1, 0.15) is 13.3 Å². The molecule has 0 aromatic rings. The van der Waals surface area contributed by atoms with Crippen LogP contribution in [0.5, 0.6) is 0 Å². The van der Waals surface area contributed by atoms with Crippen molar-refractivity contribution >= 4 is 11.8 Å². The third kappa shape index (κ3) is 3.12. The van der Waals surface area contributed by atoms with Crippen LogP contribution in [0.4, 0.5) is 0 Å². The molecule has 0 aromatic heterocycles. The van der Waals surface area contributed by atoms with Gasteiger partial charge in [-0.15, -0.1) is 0 Å². The number of carbonyl (C=O) groups is 2. The number of Topliss-reactive ketones (excluding diaryl/α,β-unsaturated/α-hetero) is 1. The lowest BCUT2D eigenvalue weighted by Crippen LogP contribution is -2.35. The maximum absolute atomic E-state index is 11.3. The molecule has 0 saturated heterocycles. The minimum Gasteiger partial charge on any atom is -0.481 e. The molecule has 0 spiro atoms. The Morgan fingerprint density at radius 3 is 2.00 bits per heavy atom. The van der Waals surface area contributed by atoms with Crippen molar-refractivity contribution in [2.45, 2.75) is 19.6 Å². The van der Waals surface area contributed by atoms with E-state index in [0.717, 1.165) is 0 Å². The number of hydrogen-bond acceptors (Lipinski definition) is 4. The van der Waals surface area contributed by atoms with Crippen LogP contribution in [0.25, 0.3) is 0 Å². The molecule has 76 valence electrons. The normalized spacial score (nSPS) is 12.9. The Labute approximate surface area is 76.6 Å². The van der Waals surface area contributed by atoms with Crippen molar-refractivity contribution in [3.63, 3.8) is 0 Å². The lowest BCUT2D eigenvalue weighted by Gasteiger charge is -2.15. The molecular weight excluding hydrogens is 176 g/mol. The summed E-state index contributed by atoms with van der Waals surface area (Å²) in [7, 11) is 2.58. The maximum Gasteiger partial charge on any atom is 0.314 e. The standard InChI is InChI=1S/C8H14O5/c1-4-5(7(10)11)6(9)8(12-2)13-3/h5,8H,4H2,1-3H3,(H,10,11). The Hall–Kier alpha value is -0.940. The Morgan fingerprint density at radius 2 is 1.77 bits per heavy atom. The molecule has 0 rings (SSSR count). The molecule has 0 amide bonds. The monoisotopic (exact) mass is 190 g/mol. The summed E-state index contributed by atoms with van der Waals surface area (Å²) in [6.45, 7) is 1.62. The van der Waals surface area contributed by atoms with E-state index < -0.39 is 24.0 Å². The average Bonchev–Trinajstić information content (AvgIpc) is 2.07. The molecule has 5 heteroatoms. The van der Waals surface area contributed by atoms with Gasteiger partial charge in [-0.3, -0.25) is 9.59 Å². The summed E-state index contributed by atoms with van der Waals surface area (Å²) in [6, 6.07) is 0. The number of rotatable bonds is 6. The molecule has 0 bridgehead atoms. The van der Waals surface area contributed by atoms with Gasteiger partial charge in [-0.2, -0.15) is 0 Å². The van der Waals surface area contributed by atoms with E-state index in [1.807, 2.05) is 0 Å². The van der Waals surface area contributed by atoms with Crippen molar-refractivity contribution in [1.82, 2.24) is 0 Å². The molecule has 0 aliphatic carbocycles. The summed E-state index contributed by atoms with van der Waals surface area (Å²) in [5.41, 5.74) is 0. The number of carboxylic acids is 1. The first-order valence-electron chi connectivity index (χ1n) is 3.90. The van der Waals surface area contributed by atoms with Crippen LogP contribution in [0.2, 0.25) is 0 Å². The van der Waals surface area contributed by atoms with Crippen LogP contribution in [0.15, 0.2) is 0 Å². The summed E-state index contributed by atoms with van der Waals surface area (Å²) >= 11 is 0. The molecule has 1 N–H and O–H groups in total. The summed E-state index contributed by atoms with van der Waals surface area (Å²) in [5.74, 6) is -2.75. The number of carbonyl (C=O) groups excluding carboxylic acids is 1. The molecule has 0 heterocycles. The van der Waals surface area contributed by atoms with Gasteiger partial charge in [0.15, 0.2) is 0 Å². The van der Waals surface area contributed by atoms with Gasteiger partial charge in [-0.05, 0) is 6.42 Å². The summed E-state index contributed by atoms with van der Waals surface area (Å²) in [4.78, 5) is 21.9. The molecule has 0 aliphatic rings. The molecular formula is C8H14O5. The second-order valence-corrected chi connectivity index (χ2v) is 2.50. The van der Waals surface area contributed by atoms with E-state index in [9.17, 15) is 9.59 Å². The SMILES string of the molecule is CCC(C(=O)O)C(=O)C(OC)OC. The lowest BCUT2D eigenvalue weighted by molar-refractivity contribution is -0.167. The van der Waals surface area contributed by atoms with E-state index in [1.165, 1.54) is 14.2 Å². The Bertz CT molecular complexity index is 185. The minimum absolute atomic E-state index is 0.234. The molecule has 5 nitrogen and oxygen atoms in total. The van der Waals surface area contributed by atoms with E-state index in [1.54, 1.807) is 6.92 Å². The van der Waals surface area contributed by atoms with Crippen molar-refractivity contribution < 1.29 is 24.2 Å². The fourth-order valence-corrected chi connectivity index (χ4v) is 0.990. The molecule has 1 unspecified atom stereocenters. The summed E-state index contributed by atoms with van der Waals surface area (Å²) in [6.07, 6.45) is -0.849. The number of ether oxygens (including phenoxy) is 2. The highest BCUT2D eigenvalue weighted by Crippen LogP contribution is 2.09. The maximum atomic E-state index is 11.3. The first kappa shape index (κ1) is 12.1. The van der Waals surface area contributed by atoms with E-state index >= 15 is 0 Å². The number of hydrogen-bond donors (Lipinski definition) is 1. The largest absolute Gasteiger partial charge is 0.481 e. The highest BCUT2D eigenvalue weighted by Gasteiger charge is 2.30. The second kappa shape index (κ2) is 5.66. The Morgan fingerprint density at radius 1 is 1.31 bits per heavy atom. The second-order valence-electron chi connectivity index (χ2n) is 2.50. The molecule has 0 fully saturated rings. The zero-order valence-electron chi connectivity index (χ0n) is 7.94. The van der Waals surface area contributed by atoms with Gasteiger partial charge < -0.3 is 14.6 Å². The van der Waals surface area contributed by atoms with Crippen LogP contribution in [0.3, 0.4) is 0 Å². The number of ketones is 1. The van der Waals surface area contributed by atoms with Gasteiger partial charge >= 0.3 is 5.97 Å². The lowest BCUT2D eigenvalue weighted by atomic mass is 10.0. The van der Waals surface area contributed by atoms with Gasteiger partial charge in [0.05, 0.1) is 0 Å². The van der Waals surface area contributed by atoms with Gasteiger partial charge in [0.1, 0.15) is 5.92 Å². The average molecular weight is 190 g/mol. The summed E-state index contributed by atoms with van der Waals surface area (Å²) in [5, 5.41) is 8.65. The topological polar surface area (TPSA) is 72.8 Å². The fraction of sp³-hybridized carbons (Fsp3) is 0.750. The first-order valence-corrected chi connectivity index (χ1v) is 3.90. The smallest absolute Gasteiger partial charge is 0.314 e. The predicted octanol–water partition coefficient (Wildman–Crippen LogP) is 0.285. The van der Waals surface area contributed by atoms with E-state index in [0.29, 0.717) is 0 Å². The van der Waals surface area contributed by atoms with E-state index in [-0.39, 0.29) is 6.42 Å². The van der Waals surface area contributed by atoms with Crippen molar-refractivity contribution in [3.05, 3.63) is 0 Å². The molecule has 13 heavy (non-hydrogen) atoms. The third-order valence-corrected chi connectivity index (χ3v) is 1.71.